The fraction of sp³-hybridized carbons (Fsp3) is 0.436. The minimum absolute atomic E-state index is 0. The number of hydroxylamine groups is 2. The summed E-state index contributed by atoms with van der Waals surface area (Å²) in [6.07, 6.45) is 8.35. The van der Waals surface area contributed by atoms with Crippen molar-refractivity contribution in [3.8, 4) is 0 Å². The van der Waals surface area contributed by atoms with Crippen molar-refractivity contribution in [3.63, 3.8) is 0 Å². The number of hydrogen-bond donors (Lipinski definition) is 0. The Hall–Kier alpha value is 0.289. The van der Waals surface area contributed by atoms with E-state index in [-0.39, 0.29) is 219 Å². The average molecular weight is 1060 g/mol. The number of rotatable bonds is 19. The summed E-state index contributed by atoms with van der Waals surface area (Å²) in [6.45, 7) is 5.33. The second kappa shape index (κ2) is 24.6. The van der Waals surface area contributed by atoms with Crippen LogP contribution in [-0.4, -0.2) is 110 Å². The van der Waals surface area contributed by atoms with Crippen molar-refractivity contribution in [2.24, 2.45) is 0 Å². The van der Waals surface area contributed by atoms with E-state index >= 15 is 0 Å². The Bertz CT molecular complexity index is 2740. The van der Waals surface area contributed by atoms with E-state index in [0.29, 0.717) is 39.0 Å². The molecule has 26 heteroatoms. The van der Waals surface area contributed by atoms with Gasteiger partial charge in [-0.1, -0.05) is 24.6 Å². The summed E-state index contributed by atoms with van der Waals surface area (Å²) in [5, 5.41) is 0.435. The molecule has 3 aliphatic rings. The number of carbonyl (C=O) groups excluding carboxylic acids is 3. The zero-order chi connectivity index (χ0) is 46.1. The third-order valence-corrected chi connectivity index (χ3v) is 14.2. The minimum atomic E-state index is -4.94. The molecule has 2 aromatic rings. The van der Waals surface area contributed by atoms with Gasteiger partial charge < -0.3 is 27.9 Å². The molecule has 1 atom stereocenters. The molecule has 1 saturated heterocycles. The van der Waals surface area contributed by atoms with Crippen LogP contribution in [0.5, 0.6) is 0 Å². The molecule has 19 nitrogen and oxygen atoms in total. The van der Waals surface area contributed by atoms with Crippen molar-refractivity contribution in [2.75, 3.05) is 29.5 Å². The first-order valence-electron chi connectivity index (χ1n) is 19.3. The van der Waals surface area contributed by atoms with Crippen LogP contribution in [0.15, 0.2) is 82.3 Å². The van der Waals surface area contributed by atoms with Crippen LogP contribution in [0.3, 0.4) is 0 Å². The summed E-state index contributed by atoms with van der Waals surface area (Å²) < 4.78 is 143. The maximum Gasteiger partial charge on any atom is 1.00 e. The summed E-state index contributed by atoms with van der Waals surface area (Å²) in [4.78, 5) is 42.0. The van der Waals surface area contributed by atoms with Crippen molar-refractivity contribution < 1.29 is 230 Å². The fourth-order valence-corrected chi connectivity index (χ4v) is 9.91. The average Bonchev–Trinajstić information content (AvgIpc) is 3.67. The molecule has 3 heterocycles. The molecule has 65 heavy (non-hydrogen) atoms. The van der Waals surface area contributed by atoms with E-state index in [1.807, 2.05) is 0 Å². The molecule has 3 aliphatic heterocycles. The molecule has 2 amide bonds. The van der Waals surface area contributed by atoms with Gasteiger partial charge in [-0.05, 0) is 82.0 Å². The maximum atomic E-state index is 12.5. The molecule has 0 aromatic heterocycles. The largest absolute Gasteiger partial charge is 1.00 e. The first-order chi connectivity index (χ1) is 28.6. The van der Waals surface area contributed by atoms with E-state index in [0.717, 1.165) is 12.1 Å². The standard InChI is InChI=1S/C39H47N3O16S4.3K/c1-38(2)29-25-27(61(52,53)54)14-16-31(29)40(21-9-23-59(46,47)48)33(38)11-5-4-6-12-34-39(3,20-8-7-13-37(45)58-42-35(43)18-19-36(42)44)30-26-28(62(55,56)57)15-17-32(30)41(34)22-10-24-60(49,50)51;;;/h4-6,11-12,14-17,25-26H,7-10,13,18-24H2,1-3H3,(H3-,46,47,48,49,50,51,52,53,54,55,56,57);;;/q;3*+1/p-3. The number of hydrogen-bond acceptors (Lipinski definition) is 17. The van der Waals surface area contributed by atoms with Crippen LogP contribution in [0.1, 0.15) is 83.3 Å². The zero-order valence-electron chi connectivity index (χ0n) is 36.8. The van der Waals surface area contributed by atoms with Crippen LogP contribution in [0, 0.1) is 0 Å². The third-order valence-electron chi connectivity index (χ3n) is 10.9. The molecule has 0 N–H and O–H groups in total. The van der Waals surface area contributed by atoms with Crippen molar-refractivity contribution >= 4 is 75.3 Å². The number of amides is 2. The molecule has 2 aromatic carbocycles. The minimum Gasteiger partial charge on any atom is -0.748 e. The van der Waals surface area contributed by atoms with E-state index in [1.165, 1.54) is 24.3 Å². The third kappa shape index (κ3) is 15.9. The van der Waals surface area contributed by atoms with Gasteiger partial charge in [-0.25, -0.2) is 38.5 Å². The molecular weight excluding hydrogens is 1010 g/mol. The molecule has 0 bridgehead atoms. The second-order valence-electron chi connectivity index (χ2n) is 15.7. The predicted octanol–water partition coefficient (Wildman–Crippen LogP) is -6.30. The Balaban J connectivity index is 0.00000484. The maximum absolute atomic E-state index is 12.5. The molecule has 0 saturated carbocycles. The van der Waals surface area contributed by atoms with Crippen LogP contribution in [0.2, 0.25) is 0 Å². The Kier molecular flexibility index (Phi) is 23.3. The second-order valence-corrected chi connectivity index (χ2v) is 21.5. The van der Waals surface area contributed by atoms with Crippen molar-refractivity contribution in [1.82, 2.24) is 5.06 Å². The van der Waals surface area contributed by atoms with E-state index in [1.54, 1.807) is 60.6 Å². The van der Waals surface area contributed by atoms with Crippen LogP contribution < -0.4 is 159 Å². The van der Waals surface area contributed by atoms with Crippen LogP contribution >= 0.6 is 0 Å². The molecule has 1 fully saturated rings. The number of unbranched alkanes of at least 4 members (excludes halogenated alkanes) is 1. The summed E-state index contributed by atoms with van der Waals surface area (Å²) in [5.41, 5.74) is 0.837. The van der Waals surface area contributed by atoms with Gasteiger partial charge >= 0.3 is 160 Å². The van der Waals surface area contributed by atoms with Gasteiger partial charge in [0.05, 0.1) is 35.4 Å². The smallest absolute Gasteiger partial charge is 0.748 e. The quantitative estimate of drug-likeness (QED) is 0.0316. The summed E-state index contributed by atoms with van der Waals surface area (Å²) in [6, 6.07) is 7.57. The number of imide groups is 1. The van der Waals surface area contributed by atoms with Gasteiger partial charge in [0.15, 0.2) is 5.71 Å². The van der Waals surface area contributed by atoms with Crippen molar-refractivity contribution in [1.29, 1.82) is 0 Å². The first kappa shape index (κ1) is 61.4. The topological polar surface area (TPSA) is 299 Å². The molecule has 0 radical (unpaired) electrons. The summed E-state index contributed by atoms with van der Waals surface area (Å²) in [7, 11) is -18.9. The molecule has 0 spiro atoms. The van der Waals surface area contributed by atoms with Crippen LogP contribution in [0.25, 0.3) is 0 Å². The van der Waals surface area contributed by atoms with E-state index in [2.05, 4.69) is 0 Å². The number of benzene rings is 2. The molecule has 0 aliphatic carbocycles. The van der Waals surface area contributed by atoms with Gasteiger partial charge in [-0.15, -0.1) is 5.06 Å². The molecule has 338 valence electrons. The van der Waals surface area contributed by atoms with Gasteiger partial charge in [0.2, 0.25) is 5.69 Å². The van der Waals surface area contributed by atoms with E-state index in [4.69, 9.17) is 4.84 Å². The van der Waals surface area contributed by atoms with Crippen LogP contribution in [-0.2, 0) is 70.5 Å². The number of carbonyl (C=O) groups is 3. The predicted molar refractivity (Wildman–Crippen MR) is 217 cm³/mol. The van der Waals surface area contributed by atoms with Crippen molar-refractivity contribution in [2.45, 2.75) is 92.8 Å². The summed E-state index contributed by atoms with van der Waals surface area (Å²) >= 11 is 0. The van der Waals surface area contributed by atoms with Gasteiger partial charge in [0.1, 0.15) is 26.8 Å². The SMILES string of the molecule is CC1(C)C(/C=C/C=C/C=C2/N(CCCS(=O)(=O)[O-])c3ccc(S(=O)(=O)[O-])cc3C2(C)CCCCC(=O)ON2C(=O)CCC2=O)=[N+](CCCS(=O)(=O)[O-])c2ccc(S(=O)(=O)[O-])cc21.[K+].[K+].[K+]. The Morgan fingerprint density at radius 3 is 1.86 bits per heavy atom. The Labute approximate surface area is 507 Å². The first-order valence-corrected chi connectivity index (χ1v) is 25.2. The van der Waals surface area contributed by atoms with Crippen LogP contribution in [0.4, 0.5) is 11.4 Å². The van der Waals surface area contributed by atoms with Gasteiger partial charge in [0, 0.05) is 78.2 Å². The fourth-order valence-electron chi connectivity index (χ4n) is 7.95. The Morgan fingerprint density at radius 1 is 0.738 bits per heavy atom. The monoisotopic (exact) mass is 1060 g/mol. The van der Waals surface area contributed by atoms with Gasteiger partial charge in [-0.3, -0.25) is 9.59 Å². The van der Waals surface area contributed by atoms with Gasteiger partial charge in [0.25, 0.3) is 11.8 Å². The van der Waals surface area contributed by atoms with E-state index < -0.39 is 90.4 Å². The summed E-state index contributed by atoms with van der Waals surface area (Å²) in [5.74, 6) is -3.48. The zero-order valence-corrected chi connectivity index (χ0v) is 49.5. The number of nitrogens with zero attached hydrogens (tertiary/aromatic N) is 3. The Morgan fingerprint density at radius 2 is 1.29 bits per heavy atom. The number of allylic oxidation sites excluding steroid dienone is 6. The molecule has 1 unspecified atom stereocenters. The molecule has 5 rings (SSSR count). The number of fused-ring (bicyclic) bond motifs is 2. The normalized spacial score (nSPS) is 19.1. The molecular formula is C39H44K3N3O16S4. The number of anilines is 1. The van der Waals surface area contributed by atoms with Crippen molar-refractivity contribution in [3.05, 3.63) is 83.6 Å². The van der Waals surface area contributed by atoms with Gasteiger partial charge in [-0.2, -0.15) is 4.58 Å². The van der Waals surface area contributed by atoms with E-state index in [9.17, 15) is 66.3 Å².